The molecule has 0 amide bonds. The summed E-state index contributed by atoms with van der Waals surface area (Å²) in [5, 5.41) is 0. The molecule has 0 radical (unpaired) electrons. The van der Waals surface area contributed by atoms with Crippen molar-refractivity contribution in [2.75, 3.05) is 0 Å². The summed E-state index contributed by atoms with van der Waals surface area (Å²) in [5.74, 6) is 2.04. The van der Waals surface area contributed by atoms with Gasteiger partial charge in [0.25, 0.3) is 0 Å². The lowest BCUT2D eigenvalue weighted by Gasteiger charge is -2.26. The van der Waals surface area contributed by atoms with E-state index in [1.165, 1.54) is 22.3 Å². The third-order valence-corrected chi connectivity index (χ3v) is 4.47. The number of hydrogen-bond donors (Lipinski definition) is 0. The van der Waals surface area contributed by atoms with Gasteiger partial charge in [0, 0.05) is 6.42 Å². The third kappa shape index (κ3) is 2.77. The van der Waals surface area contributed by atoms with Gasteiger partial charge in [-0.25, -0.2) is 0 Å². The van der Waals surface area contributed by atoms with Crippen molar-refractivity contribution in [3.63, 3.8) is 0 Å². The maximum Gasteiger partial charge on any atom is 0.131 e. The summed E-state index contributed by atoms with van der Waals surface area (Å²) in [5.41, 5.74) is 5.49. The first-order valence-electron chi connectivity index (χ1n) is 8.09. The van der Waals surface area contributed by atoms with Gasteiger partial charge in [0.15, 0.2) is 0 Å². The highest BCUT2D eigenvalue weighted by Gasteiger charge is 2.23. The van der Waals surface area contributed by atoms with Gasteiger partial charge in [0.05, 0.1) is 0 Å². The van der Waals surface area contributed by atoms with Gasteiger partial charge in [-0.1, -0.05) is 65.8 Å². The van der Waals surface area contributed by atoms with Crippen LogP contribution in [0.2, 0.25) is 0 Å². The average molecular weight is 294 g/mol. The van der Waals surface area contributed by atoms with Gasteiger partial charge in [0.2, 0.25) is 0 Å². The van der Waals surface area contributed by atoms with Gasteiger partial charge in [0.1, 0.15) is 11.5 Å². The molecule has 0 bridgehead atoms. The summed E-state index contributed by atoms with van der Waals surface area (Å²) >= 11 is 0. The van der Waals surface area contributed by atoms with Crippen LogP contribution in [0.1, 0.15) is 63.8 Å². The van der Waals surface area contributed by atoms with E-state index >= 15 is 0 Å². The van der Waals surface area contributed by atoms with Crippen molar-refractivity contribution >= 4 is 0 Å². The molecule has 3 rings (SSSR count). The molecule has 22 heavy (non-hydrogen) atoms. The largest absolute Gasteiger partial charge is 0.457 e. The van der Waals surface area contributed by atoms with Crippen molar-refractivity contribution in [1.82, 2.24) is 0 Å². The smallest absolute Gasteiger partial charge is 0.131 e. The Labute approximate surface area is 134 Å². The van der Waals surface area contributed by atoms with E-state index < -0.39 is 0 Å². The van der Waals surface area contributed by atoms with Crippen molar-refractivity contribution in [3.8, 4) is 11.5 Å². The lowest BCUT2D eigenvalue weighted by atomic mass is 9.84. The van der Waals surface area contributed by atoms with E-state index in [1.807, 2.05) is 0 Å². The molecule has 0 unspecified atom stereocenters. The molecule has 1 aliphatic heterocycles. The second-order valence-corrected chi connectivity index (χ2v) is 8.42. The maximum atomic E-state index is 6.25. The average Bonchev–Trinajstić information content (AvgIpc) is 2.41. The SMILES string of the molecule is CC(C)(C)c1ccc2c(c1)Oc1cc(C(C)(C)C)ccc1C2. The van der Waals surface area contributed by atoms with E-state index in [0.717, 1.165) is 17.9 Å². The molecule has 1 aliphatic rings. The molecule has 2 aromatic rings. The van der Waals surface area contributed by atoms with Crippen molar-refractivity contribution in [1.29, 1.82) is 0 Å². The van der Waals surface area contributed by atoms with Crippen LogP contribution in [0.15, 0.2) is 36.4 Å². The van der Waals surface area contributed by atoms with Gasteiger partial charge < -0.3 is 4.74 Å². The number of ether oxygens (including phenoxy) is 1. The van der Waals surface area contributed by atoms with Gasteiger partial charge in [-0.05, 0) is 45.2 Å². The van der Waals surface area contributed by atoms with Gasteiger partial charge in [-0.2, -0.15) is 0 Å². The second kappa shape index (κ2) is 4.87. The summed E-state index contributed by atoms with van der Waals surface area (Å²) in [4.78, 5) is 0. The zero-order valence-electron chi connectivity index (χ0n) is 14.6. The Hall–Kier alpha value is -1.76. The molecule has 0 aromatic heterocycles. The molecular weight excluding hydrogens is 268 g/mol. The van der Waals surface area contributed by atoms with Crippen molar-refractivity contribution in [2.24, 2.45) is 0 Å². The van der Waals surface area contributed by atoms with Crippen LogP contribution in [-0.2, 0) is 17.3 Å². The highest BCUT2D eigenvalue weighted by Crippen LogP contribution is 2.40. The summed E-state index contributed by atoms with van der Waals surface area (Å²) in [6, 6.07) is 13.3. The van der Waals surface area contributed by atoms with Gasteiger partial charge in [-0.15, -0.1) is 0 Å². The summed E-state index contributed by atoms with van der Waals surface area (Å²) in [6.45, 7) is 13.4. The van der Waals surface area contributed by atoms with E-state index in [-0.39, 0.29) is 10.8 Å². The molecule has 0 fully saturated rings. The van der Waals surface area contributed by atoms with Crippen molar-refractivity contribution in [2.45, 2.75) is 58.8 Å². The summed E-state index contributed by atoms with van der Waals surface area (Å²) < 4.78 is 6.25. The van der Waals surface area contributed by atoms with E-state index in [4.69, 9.17) is 4.74 Å². The molecule has 0 atom stereocenters. The maximum absolute atomic E-state index is 6.25. The highest BCUT2D eigenvalue weighted by atomic mass is 16.5. The lowest BCUT2D eigenvalue weighted by molar-refractivity contribution is 0.453. The van der Waals surface area contributed by atoms with Crippen LogP contribution in [0.3, 0.4) is 0 Å². The molecular formula is C21H26O. The van der Waals surface area contributed by atoms with Crippen LogP contribution < -0.4 is 4.74 Å². The first-order chi connectivity index (χ1) is 10.1. The Kier molecular flexibility index (Phi) is 3.36. The lowest BCUT2D eigenvalue weighted by Crippen LogP contribution is -2.14. The molecule has 116 valence electrons. The van der Waals surface area contributed by atoms with Crippen LogP contribution in [0.25, 0.3) is 0 Å². The molecule has 0 spiro atoms. The Morgan fingerprint density at radius 2 is 1.09 bits per heavy atom. The number of benzene rings is 2. The number of rotatable bonds is 0. The molecule has 0 aliphatic carbocycles. The van der Waals surface area contributed by atoms with Crippen LogP contribution in [0, 0.1) is 0 Å². The molecule has 1 heteroatoms. The third-order valence-electron chi connectivity index (χ3n) is 4.47. The Bertz CT molecular complexity index is 650. The standard InChI is InChI=1S/C21H26O/c1-20(2,3)16-9-7-14-11-15-8-10-17(21(4,5)6)13-19(15)22-18(14)12-16/h7-10,12-13H,11H2,1-6H3. The first kappa shape index (κ1) is 15.1. The Morgan fingerprint density at radius 3 is 1.45 bits per heavy atom. The summed E-state index contributed by atoms with van der Waals surface area (Å²) in [7, 11) is 0. The molecule has 0 saturated carbocycles. The number of hydrogen-bond acceptors (Lipinski definition) is 1. The van der Waals surface area contributed by atoms with Crippen LogP contribution in [0.4, 0.5) is 0 Å². The zero-order chi connectivity index (χ0) is 16.1. The fourth-order valence-corrected chi connectivity index (χ4v) is 2.85. The van der Waals surface area contributed by atoms with Crippen LogP contribution in [0.5, 0.6) is 11.5 Å². The van der Waals surface area contributed by atoms with E-state index in [2.05, 4.69) is 77.9 Å². The molecule has 2 aromatic carbocycles. The predicted molar refractivity (Wildman–Crippen MR) is 93.2 cm³/mol. The quantitative estimate of drug-likeness (QED) is 0.495. The minimum Gasteiger partial charge on any atom is -0.457 e. The molecule has 1 nitrogen and oxygen atoms in total. The van der Waals surface area contributed by atoms with Gasteiger partial charge in [-0.3, -0.25) is 0 Å². The number of fused-ring (bicyclic) bond motifs is 2. The van der Waals surface area contributed by atoms with Crippen molar-refractivity contribution in [3.05, 3.63) is 58.7 Å². The normalized spacial score (nSPS) is 14.1. The minimum absolute atomic E-state index is 0.145. The van der Waals surface area contributed by atoms with Crippen LogP contribution in [-0.4, -0.2) is 0 Å². The Morgan fingerprint density at radius 1 is 0.682 bits per heavy atom. The van der Waals surface area contributed by atoms with Gasteiger partial charge >= 0.3 is 0 Å². The molecule has 1 heterocycles. The van der Waals surface area contributed by atoms with Crippen LogP contribution >= 0.6 is 0 Å². The first-order valence-corrected chi connectivity index (χ1v) is 8.09. The van der Waals surface area contributed by atoms with E-state index in [9.17, 15) is 0 Å². The second-order valence-electron chi connectivity index (χ2n) is 8.42. The minimum atomic E-state index is 0.145. The molecule has 0 N–H and O–H groups in total. The summed E-state index contributed by atoms with van der Waals surface area (Å²) in [6.07, 6.45) is 0.958. The topological polar surface area (TPSA) is 9.23 Å². The highest BCUT2D eigenvalue weighted by molar-refractivity contribution is 5.53. The van der Waals surface area contributed by atoms with Crippen molar-refractivity contribution < 1.29 is 4.74 Å². The fourth-order valence-electron chi connectivity index (χ4n) is 2.85. The fraction of sp³-hybridized carbons (Fsp3) is 0.429. The molecule has 0 saturated heterocycles. The monoisotopic (exact) mass is 294 g/mol. The predicted octanol–water partition coefficient (Wildman–Crippen LogP) is 5.98. The van der Waals surface area contributed by atoms with E-state index in [0.29, 0.717) is 0 Å². The van der Waals surface area contributed by atoms with E-state index in [1.54, 1.807) is 0 Å². The zero-order valence-corrected chi connectivity index (χ0v) is 14.6. The Balaban J connectivity index is 2.00.